The molecule has 3 N–H and O–H groups in total. The first-order valence-electron chi connectivity index (χ1n) is 7.17. The Morgan fingerprint density at radius 1 is 1.38 bits per heavy atom. The number of hydrogen-bond donors (Lipinski definition) is 3. The number of thiophene rings is 1. The number of amides is 3. The van der Waals surface area contributed by atoms with Crippen molar-refractivity contribution in [1.82, 2.24) is 20.9 Å². The van der Waals surface area contributed by atoms with Crippen LogP contribution in [0.1, 0.15) is 17.7 Å². The molecule has 116 valence electrons. The van der Waals surface area contributed by atoms with Crippen molar-refractivity contribution in [2.24, 2.45) is 0 Å². The summed E-state index contributed by atoms with van der Waals surface area (Å²) in [6.07, 6.45) is 1.76. The van der Waals surface area contributed by atoms with Gasteiger partial charge in [0, 0.05) is 31.1 Å². The van der Waals surface area contributed by atoms with Gasteiger partial charge in [0.2, 0.25) is 5.91 Å². The van der Waals surface area contributed by atoms with E-state index >= 15 is 0 Å². The predicted octanol–water partition coefficient (Wildman–Crippen LogP) is 0.758. The van der Waals surface area contributed by atoms with Gasteiger partial charge in [-0.15, -0.1) is 11.3 Å². The summed E-state index contributed by atoms with van der Waals surface area (Å²) in [4.78, 5) is 26.4. The van der Waals surface area contributed by atoms with Gasteiger partial charge >= 0.3 is 6.03 Å². The number of nitrogens with zero attached hydrogens (tertiary/aromatic N) is 1. The van der Waals surface area contributed by atoms with Crippen LogP contribution in [0.5, 0.6) is 0 Å². The monoisotopic (exact) mass is 310 g/mol. The zero-order chi connectivity index (χ0) is 15.1. The van der Waals surface area contributed by atoms with Gasteiger partial charge in [-0.25, -0.2) is 4.79 Å². The molecule has 0 atom stereocenters. The number of carbonyl (C=O) groups excluding carboxylic acids is 2. The van der Waals surface area contributed by atoms with E-state index in [9.17, 15) is 9.59 Å². The van der Waals surface area contributed by atoms with Crippen molar-refractivity contribution in [3.8, 4) is 0 Å². The van der Waals surface area contributed by atoms with Crippen LogP contribution < -0.4 is 16.0 Å². The van der Waals surface area contributed by atoms with Gasteiger partial charge in [0.25, 0.3) is 0 Å². The Morgan fingerprint density at radius 2 is 2.14 bits per heavy atom. The second-order valence-electron chi connectivity index (χ2n) is 5.13. The van der Waals surface area contributed by atoms with E-state index in [2.05, 4.69) is 20.9 Å². The molecule has 21 heavy (non-hydrogen) atoms. The maximum atomic E-state index is 11.8. The molecule has 1 fully saturated rings. The molecule has 1 aliphatic rings. The third kappa shape index (κ3) is 5.35. The summed E-state index contributed by atoms with van der Waals surface area (Å²) in [7, 11) is 1.65. The van der Waals surface area contributed by atoms with Crippen LogP contribution in [-0.4, -0.2) is 49.6 Å². The number of carbonyl (C=O) groups is 2. The lowest BCUT2D eigenvalue weighted by molar-refractivity contribution is -0.122. The Hall–Kier alpha value is -1.60. The van der Waals surface area contributed by atoms with E-state index in [1.165, 1.54) is 0 Å². The molecule has 1 aromatic rings. The van der Waals surface area contributed by atoms with Crippen molar-refractivity contribution in [1.29, 1.82) is 0 Å². The minimum atomic E-state index is -0.117. The standard InChI is InChI=1S/C14H22N4O2S/c1-15-13(19)10-18-6-4-11(5-7-18)17-14(20)16-9-12-3-2-8-21-12/h2-3,8,11H,4-7,9-10H2,1H3,(H,15,19)(H2,16,17,20). The largest absolute Gasteiger partial charge is 0.358 e. The fourth-order valence-electron chi connectivity index (χ4n) is 2.33. The van der Waals surface area contributed by atoms with Crippen molar-refractivity contribution in [2.45, 2.75) is 25.4 Å². The summed E-state index contributed by atoms with van der Waals surface area (Å²) in [5.74, 6) is 0.0371. The number of likely N-dealkylation sites (N-methyl/N-ethyl adjacent to an activating group) is 1. The van der Waals surface area contributed by atoms with Gasteiger partial charge in [0.1, 0.15) is 0 Å². The van der Waals surface area contributed by atoms with Gasteiger partial charge in [-0.3, -0.25) is 9.69 Å². The normalized spacial score (nSPS) is 16.4. The van der Waals surface area contributed by atoms with Gasteiger partial charge in [0.05, 0.1) is 13.1 Å². The number of nitrogens with one attached hydrogen (secondary N) is 3. The minimum absolute atomic E-state index is 0.0371. The van der Waals surface area contributed by atoms with Crippen molar-refractivity contribution >= 4 is 23.3 Å². The maximum absolute atomic E-state index is 11.8. The molecular weight excluding hydrogens is 288 g/mol. The number of hydrogen-bond acceptors (Lipinski definition) is 4. The van der Waals surface area contributed by atoms with E-state index in [4.69, 9.17) is 0 Å². The molecule has 0 bridgehead atoms. The Balaban J connectivity index is 1.63. The molecular formula is C14H22N4O2S. The van der Waals surface area contributed by atoms with E-state index in [1.807, 2.05) is 17.5 Å². The Labute approximate surface area is 128 Å². The fraction of sp³-hybridized carbons (Fsp3) is 0.571. The van der Waals surface area contributed by atoms with Crippen LogP contribution in [-0.2, 0) is 11.3 Å². The molecule has 1 aliphatic heterocycles. The predicted molar refractivity (Wildman–Crippen MR) is 83.2 cm³/mol. The van der Waals surface area contributed by atoms with Crippen LogP contribution in [0.15, 0.2) is 17.5 Å². The lowest BCUT2D eigenvalue weighted by atomic mass is 10.1. The van der Waals surface area contributed by atoms with Gasteiger partial charge in [-0.2, -0.15) is 0 Å². The third-order valence-corrected chi connectivity index (χ3v) is 4.45. The lowest BCUT2D eigenvalue weighted by Gasteiger charge is -2.31. The average molecular weight is 310 g/mol. The highest BCUT2D eigenvalue weighted by Gasteiger charge is 2.21. The van der Waals surface area contributed by atoms with E-state index < -0.39 is 0 Å². The highest BCUT2D eigenvalue weighted by atomic mass is 32.1. The van der Waals surface area contributed by atoms with Gasteiger partial charge in [-0.05, 0) is 24.3 Å². The number of piperidine rings is 1. The second kappa shape index (κ2) is 7.99. The first-order chi connectivity index (χ1) is 10.2. The van der Waals surface area contributed by atoms with Gasteiger partial charge in [0.15, 0.2) is 0 Å². The Bertz CT molecular complexity index is 456. The molecule has 0 aromatic carbocycles. The summed E-state index contributed by atoms with van der Waals surface area (Å²) in [6.45, 7) is 2.68. The first-order valence-corrected chi connectivity index (χ1v) is 8.05. The smallest absolute Gasteiger partial charge is 0.315 e. The van der Waals surface area contributed by atoms with Crippen LogP contribution in [0.2, 0.25) is 0 Å². The molecule has 7 heteroatoms. The highest BCUT2D eigenvalue weighted by molar-refractivity contribution is 7.09. The molecule has 6 nitrogen and oxygen atoms in total. The Morgan fingerprint density at radius 3 is 2.76 bits per heavy atom. The zero-order valence-electron chi connectivity index (χ0n) is 12.2. The SMILES string of the molecule is CNC(=O)CN1CCC(NC(=O)NCc2cccs2)CC1. The highest BCUT2D eigenvalue weighted by Crippen LogP contribution is 2.10. The lowest BCUT2D eigenvalue weighted by Crippen LogP contribution is -2.49. The molecule has 0 spiro atoms. The van der Waals surface area contributed by atoms with Gasteiger partial charge in [-0.1, -0.05) is 6.07 Å². The summed E-state index contributed by atoms with van der Waals surface area (Å²) >= 11 is 1.63. The molecule has 2 rings (SSSR count). The summed E-state index contributed by atoms with van der Waals surface area (Å²) in [5.41, 5.74) is 0. The van der Waals surface area contributed by atoms with Crippen LogP contribution >= 0.6 is 11.3 Å². The molecule has 2 heterocycles. The molecule has 0 radical (unpaired) electrons. The topological polar surface area (TPSA) is 73.5 Å². The van der Waals surface area contributed by atoms with E-state index in [-0.39, 0.29) is 18.0 Å². The molecule has 3 amide bonds. The first kappa shape index (κ1) is 15.8. The molecule has 0 aliphatic carbocycles. The van der Waals surface area contributed by atoms with Crippen molar-refractivity contribution in [3.05, 3.63) is 22.4 Å². The van der Waals surface area contributed by atoms with Crippen molar-refractivity contribution in [3.63, 3.8) is 0 Å². The molecule has 1 aromatic heterocycles. The van der Waals surface area contributed by atoms with Crippen LogP contribution in [0, 0.1) is 0 Å². The fourth-order valence-corrected chi connectivity index (χ4v) is 2.98. The van der Waals surface area contributed by atoms with Gasteiger partial charge < -0.3 is 16.0 Å². The molecule has 0 saturated carbocycles. The number of rotatable bonds is 5. The quantitative estimate of drug-likeness (QED) is 0.752. The maximum Gasteiger partial charge on any atom is 0.315 e. The summed E-state index contributed by atoms with van der Waals surface area (Å²) in [6, 6.07) is 4.05. The zero-order valence-corrected chi connectivity index (χ0v) is 13.0. The van der Waals surface area contributed by atoms with Crippen molar-refractivity contribution in [2.75, 3.05) is 26.7 Å². The summed E-state index contributed by atoms with van der Waals surface area (Å²) < 4.78 is 0. The third-order valence-electron chi connectivity index (χ3n) is 3.57. The van der Waals surface area contributed by atoms with E-state index in [0.29, 0.717) is 13.1 Å². The molecule has 0 unspecified atom stereocenters. The number of urea groups is 1. The van der Waals surface area contributed by atoms with Crippen molar-refractivity contribution < 1.29 is 9.59 Å². The minimum Gasteiger partial charge on any atom is -0.358 e. The van der Waals surface area contributed by atoms with E-state index in [1.54, 1.807) is 18.4 Å². The van der Waals surface area contributed by atoms with E-state index in [0.717, 1.165) is 30.8 Å². The van der Waals surface area contributed by atoms with Crippen LogP contribution in [0.25, 0.3) is 0 Å². The summed E-state index contributed by atoms with van der Waals surface area (Å²) in [5, 5.41) is 10.5. The number of likely N-dealkylation sites (tertiary alicyclic amines) is 1. The van der Waals surface area contributed by atoms with Crippen LogP contribution in [0.4, 0.5) is 4.79 Å². The van der Waals surface area contributed by atoms with Crippen LogP contribution in [0.3, 0.4) is 0 Å². The molecule has 1 saturated heterocycles. The second-order valence-corrected chi connectivity index (χ2v) is 6.16. The average Bonchev–Trinajstić information content (AvgIpc) is 3.00. The Kier molecular flexibility index (Phi) is 6.01.